The van der Waals surface area contributed by atoms with Crippen molar-refractivity contribution in [2.45, 2.75) is 19.5 Å². The van der Waals surface area contributed by atoms with Crippen LogP contribution in [0, 0.1) is 0 Å². The Kier molecular flexibility index (Phi) is 5.59. The highest BCUT2D eigenvalue weighted by Crippen LogP contribution is 2.10. The van der Waals surface area contributed by atoms with Gasteiger partial charge in [0.15, 0.2) is 5.82 Å². The van der Waals surface area contributed by atoms with Gasteiger partial charge < -0.3 is 15.2 Å². The monoisotopic (exact) mass is 374 g/mol. The second kappa shape index (κ2) is 8.07. The molecule has 10 heteroatoms. The number of halogens is 1. The number of rotatable bonds is 4. The van der Waals surface area contributed by atoms with Gasteiger partial charge in [0.05, 0.1) is 0 Å². The minimum absolute atomic E-state index is 0. The molecule has 2 N–H and O–H groups in total. The van der Waals surface area contributed by atoms with Gasteiger partial charge in [0.2, 0.25) is 0 Å². The summed E-state index contributed by atoms with van der Waals surface area (Å²) in [6.07, 6.45) is 7.35. The first-order valence-corrected chi connectivity index (χ1v) is 8.15. The van der Waals surface area contributed by atoms with Crippen molar-refractivity contribution in [3.05, 3.63) is 54.3 Å². The number of fused-ring (bicyclic) bond motifs is 1. The summed E-state index contributed by atoms with van der Waals surface area (Å²) in [5.41, 5.74) is 1.30. The van der Waals surface area contributed by atoms with E-state index in [9.17, 15) is 4.79 Å². The fourth-order valence-electron chi connectivity index (χ4n) is 2.84. The van der Waals surface area contributed by atoms with E-state index in [-0.39, 0.29) is 18.3 Å². The largest absolute Gasteiger partial charge is 0.346 e. The average molecular weight is 375 g/mol. The van der Waals surface area contributed by atoms with Crippen LogP contribution < -0.4 is 10.6 Å². The molecule has 1 aliphatic rings. The Hall–Kier alpha value is -2.78. The third-order valence-corrected chi connectivity index (χ3v) is 4.09. The fraction of sp³-hybridized carbons (Fsp3) is 0.312. The third-order valence-electron chi connectivity index (χ3n) is 4.09. The summed E-state index contributed by atoms with van der Waals surface area (Å²) in [6.45, 7) is 2.94. The number of hydrogen-bond donors (Lipinski definition) is 2. The number of carbonyl (C=O) groups excluding carboxylic acids is 1. The molecule has 3 aromatic heterocycles. The van der Waals surface area contributed by atoms with Crippen molar-refractivity contribution < 1.29 is 4.79 Å². The SMILES string of the molecule is Cl.O=C(NCc1cccnc1-n1cncn1)c1cn2c(n1)CCNCC2. The lowest BCUT2D eigenvalue weighted by atomic mass is 10.2. The van der Waals surface area contributed by atoms with Crippen LogP contribution in [0.4, 0.5) is 0 Å². The van der Waals surface area contributed by atoms with E-state index in [1.165, 1.54) is 6.33 Å². The zero-order valence-electron chi connectivity index (χ0n) is 14.0. The fourth-order valence-corrected chi connectivity index (χ4v) is 2.84. The van der Waals surface area contributed by atoms with E-state index >= 15 is 0 Å². The molecule has 0 fully saturated rings. The normalized spacial score (nSPS) is 13.4. The van der Waals surface area contributed by atoms with Gasteiger partial charge in [0.1, 0.15) is 24.2 Å². The van der Waals surface area contributed by atoms with Crippen molar-refractivity contribution in [1.29, 1.82) is 0 Å². The zero-order valence-corrected chi connectivity index (χ0v) is 14.8. The number of amides is 1. The molecule has 0 aromatic carbocycles. The van der Waals surface area contributed by atoms with Crippen LogP contribution in [-0.4, -0.2) is 48.3 Å². The van der Waals surface area contributed by atoms with Crippen molar-refractivity contribution in [1.82, 2.24) is 39.9 Å². The van der Waals surface area contributed by atoms with Crippen LogP contribution in [0.1, 0.15) is 21.9 Å². The van der Waals surface area contributed by atoms with Crippen LogP contribution in [-0.2, 0) is 19.5 Å². The molecule has 9 nitrogen and oxygen atoms in total. The van der Waals surface area contributed by atoms with Crippen molar-refractivity contribution in [2.75, 3.05) is 13.1 Å². The summed E-state index contributed by atoms with van der Waals surface area (Å²) in [4.78, 5) is 25.2. The lowest BCUT2D eigenvalue weighted by Gasteiger charge is -2.08. The minimum atomic E-state index is -0.193. The molecule has 0 unspecified atom stereocenters. The van der Waals surface area contributed by atoms with Crippen LogP contribution in [0.5, 0.6) is 0 Å². The van der Waals surface area contributed by atoms with Gasteiger partial charge in [-0.2, -0.15) is 5.10 Å². The Labute approximate surface area is 156 Å². The maximum absolute atomic E-state index is 12.5. The van der Waals surface area contributed by atoms with E-state index in [0.29, 0.717) is 18.1 Å². The molecule has 0 bridgehead atoms. The van der Waals surface area contributed by atoms with Crippen molar-refractivity contribution in [3.63, 3.8) is 0 Å². The number of aromatic nitrogens is 6. The molecular weight excluding hydrogens is 356 g/mol. The van der Waals surface area contributed by atoms with E-state index < -0.39 is 0 Å². The molecule has 3 aromatic rings. The maximum atomic E-state index is 12.5. The summed E-state index contributed by atoms with van der Waals surface area (Å²) in [5, 5.41) is 10.3. The Bertz CT molecular complexity index is 853. The Morgan fingerprint density at radius 2 is 2.27 bits per heavy atom. The van der Waals surface area contributed by atoms with Gasteiger partial charge in [-0.3, -0.25) is 4.79 Å². The van der Waals surface area contributed by atoms with E-state index in [1.807, 2.05) is 22.9 Å². The predicted molar refractivity (Wildman–Crippen MR) is 96.4 cm³/mol. The molecule has 136 valence electrons. The first kappa shape index (κ1) is 18.0. The van der Waals surface area contributed by atoms with Gasteiger partial charge in [-0.25, -0.2) is 19.6 Å². The van der Waals surface area contributed by atoms with Gasteiger partial charge in [0, 0.05) is 50.6 Å². The molecule has 0 saturated carbocycles. The highest BCUT2D eigenvalue weighted by Gasteiger charge is 2.16. The standard InChI is InChI=1S/C16H18N8O.ClH/c25-16(13-9-23-7-6-17-5-3-14(23)22-13)20-8-12-2-1-4-19-15(12)24-11-18-10-21-24;/h1-2,4,9-11,17H,3,5-8H2,(H,20,25);1H. The third kappa shape index (κ3) is 3.73. The summed E-state index contributed by atoms with van der Waals surface area (Å²) < 4.78 is 3.62. The summed E-state index contributed by atoms with van der Waals surface area (Å²) in [5.74, 6) is 1.40. The molecule has 4 heterocycles. The lowest BCUT2D eigenvalue weighted by molar-refractivity contribution is 0.0946. The molecule has 1 aliphatic heterocycles. The van der Waals surface area contributed by atoms with Gasteiger partial charge in [-0.05, 0) is 6.07 Å². The second-order valence-corrected chi connectivity index (χ2v) is 5.74. The van der Waals surface area contributed by atoms with Crippen LogP contribution >= 0.6 is 12.4 Å². The summed E-state index contributed by atoms with van der Waals surface area (Å²) in [7, 11) is 0. The first-order chi connectivity index (χ1) is 12.3. The quantitative estimate of drug-likeness (QED) is 0.683. The van der Waals surface area contributed by atoms with E-state index in [4.69, 9.17) is 0 Å². The Morgan fingerprint density at radius 1 is 1.35 bits per heavy atom. The highest BCUT2D eigenvalue weighted by molar-refractivity contribution is 5.92. The van der Waals surface area contributed by atoms with Crippen molar-refractivity contribution >= 4 is 18.3 Å². The smallest absolute Gasteiger partial charge is 0.271 e. The number of carbonyl (C=O) groups is 1. The molecule has 1 amide bonds. The van der Waals surface area contributed by atoms with Crippen molar-refractivity contribution in [2.24, 2.45) is 0 Å². The molecule has 0 spiro atoms. The van der Waals surface area contributed by atoms with Crippen LogP contribution in [0.15, 0.2) is 37.2 Å². The molecule has 0 atom stereocenters. The minimum Gasteiger partial charge on any atom is -0.346 e. The number of nitrogens with one attached hydrogen (secondary N) is 2. The summed E-state index contributed by atoms with van der Waals surface area (Å²) >= 11 is 0. The number of imidazole rings is 1. The van der Waals surface area contributed by atoms with Crippen LogP contribution in [0.25, 0.3) is 5.82 Å². The zero-order chi connectivity index (χ0) is 17.1. The molecule has 4 rings (SSSR count). The molecule has 26 heavy (non-hydrogen) atoms. The molecular formula is C16H19ClN8O. The number of nitrogens with zero attached hydrogens (tertiary/aromatic N) is 6. The topological polar surface area (TPSA) is 103 Å². The summed E-state index contributed by atoms with van der Waals surface area (Å²) in [6, 6.07) is 3.73. The van der Waals surface area contributed by atoms with E-state index in [2.05, 4.69) is 30.7 Å². The van der Waals surface area contributed by atoms with Crippen molar-refractivity contribution in [3.8, 4) is 5.82 Å². The average Bonchev–Trinajstić information content (AvgIpc) is 3.26. The highest BCUT2D eigenvalue weighted by atomic mass is 35.5. The molecule has 0 radical (unpaired) electrons. The lowest BCUT2D eigenvalue weighted by Crippen LogP contribution is -2.24. The van der Waals surface area contributed by atoms with E-state index in [0.717, 1.165) is 37.4 Å². The Morgan fingerprint density at radius 3 is 3.12 bits per heavy atom. The van der Waals surface area contributed by atoms with Crippen LogP contribution in [0.3, 0.4) is 0 Å². The molecule has 0 aliphatic carbocycles. The van der Waals surface area contributed by atoms with E-state index in [1.54, 1.807) is 17.2 Å². The van der Waals surface area contributed by atoms with Gasteiger partial charge >= 0.3 is 0 Å². The Balaban J connectivity index is 0.00000196. The van der Waals surface area contributed by atoms with Gasteiger partial charge in [0.25, 0.3) is 5.91 Å². The number of hydrogen-bond acceptors (Lipinski definition) is 6. The van der Waals surface area contributed by atoms with Gasteiger partial charge in [-0.1, -0.05) is 6.07 Å². The second-order valence-electron chi connectivity index (χ2n) is 5.74. The number of pyridine rings is 1. The molecule has 0 saturated heterocycles. The van der Waals surface area contributed by atoms with Crippen LogP contribution in [0.2, 0.25) is 0 Å². The van der Waals surface area contributed by atoms with Gasteiger partial charge in [-0.15, -0.1) is 12.4 Å². The predicted octanol–water partition coefficient (Wildman–Crippen LogP) is 0.356. The maximum Gasteiger partial charge on any atom is 0.271 e. The first-order valence-electron chi connectivity index (χ1n) is 8.15.